The van der Waals surface area contributed by atoms with Gasteiger partial charge in [0.15, 0.2) is 0 Å². The molecule has 0 unspecified atom stereocenters. The molecule has 1 saturated heterocycles. The predicted octanol–water partition coefficient (Wildman–Crippen LogP) is 3.74. The SMILES string of the molecule is CC1(C)COCCN1C(=O)c1cccc(NC(=O)CCCOc2ccccc2)c1. The molecule has 2 aromatic rings. The molecule has 2 amide bonds. The number of anilines is 1. The van der Waals surface area contributed by atoms with E-state index in [1.807, 2.05) is 49.1 Å². The van der Waals surface area contributed by atoms with Gasteiger partial charge in [0.2, 0.25) is 5.91 Å². The average molecular weight is 396 g/mol. The molecule has 3 rings (SSSR count). The zero-order valence-corrected chi connectivity index (χ0v) is 17.0. The van der Waals surface area contributed by atoms with Crippen molar-refractivity contribution in [3.05, 3.63) is 60.2 Å². The molecule has 6 heteroatoms. The Bertz CT molecular complexity index is 836. The number of morpholine rings is 1. The van der Waals surface area contributed by atoms with Gasteiger partial charge in [-0.05, 0) is 50.6 Å². The lowest BCUT2D eigenvalue weighted by atomic mass is 10.0. The Morgan fingerprint density at radius 3 is 2.69 bits per heavy atom. The van der Waals surface area contributed by atoms with Gasteiger partial charge in [-0.1, -0.05) is 24.3 Å². The maximum atomic E-state index is 12.9. The minimum atomic E-state index is -0.354. The van der Waals surface area contributed by atoms with E-state index in [-0.39, 0.29) is 17.4 Å². The van der Waals surface area contributed by atoms with E-state index in [9.17, 15) is 9.59 Å². The Hall–Kier alpha value is -2.86. The van der Waals surface area contributed by atoms with Gasteiger partial charge in [0.25, 0.3) is 5.91 Å². The maximum absolute atomic E-state index is 12.9. The first-order chi connectivity index (χ1) is 14.0. The van der Waals surface area contributed by atoms with Crippen molar-refractivity contribution in [3.8, 4) is 5.75 Å². The molecule has 0 saturated carbocycles. The monoisotopic (exact) mass is 396 g/mol. The van der Waals surface area contributed by atoms with Gasteiger partial charge in [0.05, 0.1) is 25.4 Å². The van der Waals surface area contributed by atoms with Crippen molar-refractivity contribution in [2.24, 2.45) is 0 Å². The van der Waals surface area contributed by atoms with E-state index in [1.165, 1.54) is 0 Å². The van der Waals surface area contributed by atoms with Crippen LogP contribution in [0.15, 0.2) is 54.6 Å². The topological polar surface area (TPSA) is 67.9 Å². The number of hydrogen-bond donors (Lipinski definition) is 1. The number of carbonyl (C=O) groups is 2. The molecule has 2 aromatic carbocycles. The molecule has 154 valence electrons. The number of nitrogens with one attached hydrogen (secondary N) is 1. The van der Waals surface area contributed by atoms with Crippen LogP contribution in [0.1, 0.15) is 37.0 Å². The molecule has 1 N–H and O–H groups in total. The number of amides is 2. The predicted molar refractivity (Wildman–Crippen MR) is 112 cm³/mol. The highest BCUT2D eigenvalue weighted by molar-refractivity contribution is 5.97. The van der Waals surface area contributed by atoms with Gasteiger partial charge in [0, 0.05) is 24.2 Å². The summed E-state index contributed by atoms with van der Waals surface area (Å²) in [6.45, 7) is 6.07. The molecule has 0 radical (unpaired) electrons. The summed E-state index contributed by atoms with van der Waals surface area (Å²) < 4.78 is 11.1. The van der Waals surface area contributed by atoms with Crippen molar-refractivity contribution >= 4 is 17.5 Å². The fourth-order valence-corrected chi connectivity index (χ4v) is 3.28. The lowest BCUT2D eigenvalue weighted by Gasteiger charge is -2.42. The molecule has 0 aliphatic carbocycles. The zero-order chi connectivity index (χ0) is 20.7. The van der Waals surface area contributed by atoms with Gasteiger partial charge in [0.1, 0.15) is 5.75 Å². The summed E-state index contributed by atoms with van der Waals surface area (Å²) in [5.41, 5.74) is 0.828. The van der Waals surface area contributed by atoms with Crippen LogP contribution in [-0.2, 0) is 9.53 Å². The van der Waals surface area contributed by atoms with E-state index in [0.717, 1.165) is 5.75 Å². The van der Waals surface area contributed by atoms with Gasteiger partial charge in [-0.15, -0.1) is 0 Å². The molecule has 1 aliphatic rings. The van der Waals surface area contributed by atoms with Crippen LogP contribution in [0.4, 0.5) is 5.69 Å². The first-order valence-corrected chi connectivity index (χ1v) is 9.93. The highest BCUT2D eigenvalue weighted by Gasteiger charge is 2.34. The van der Waals surface area contributed by atoms with Crippen LogP contribution in [0.2, 0.25) is 0 Å². The van der Waals surface area contributed by atoms with Crippen LogP contribution in [0.25, 0.3) is 0 Å². The van der Waals surface area contributed by atoms with Crippen LogP contribution in [0.3, 0.4) is 0 Å². The molecule has 6 nitrogen and oxygen atoms in total. The fourth-order valence-electron chi connectivity index (χ4n) is 3.28. The Morgan fingerprint density at radius 2 is 1.93 bits per heavy atom. The largest absolute Gasteiger partial charge is 0.494 e. The third kappa shape index (κ3) is 5.81. The standard InChI is InChI=1S/C23H28N2O4/c1-23(2)17-28-15-13-25(23)22(27)18-8-6-9-19(16-18)24-21(26)12-7-14-29-20-10-4-3-5-11-20/h3-6,8-11,16H,7,12-15,17H2,1-2H3,(H,24,26). The molecular weight excluding hydrogens is 368 g/mol. The van der Waals surface area contributed by atoms with E-state index in [1.54, 1.807) is 24.3 Å². The van der Waals surface area contributed by atoms with Gasteiger partial charge >= 0.3 is 0 Å². The van der Waals surface area contributed by atoms with Crippen LogP contribution in [0.5, 0.6) is 5.75 Å². The molecule has 1 aliphatic heterocycles. The van der Waals surface area contributed by atoms with Gasteiger partial charge in [-0.25, -0.2) is 0 Å². The van der Waals surface area contributed by atoms with Crippen molar-refractivity contribution in [2.75, 3.05) is 31.7 Å². The van der Waals surface area contributed by atoms with E-state index in [0.29, 0.717) is 50.5 Å². The highest BCUT2D eigenvalue weighted by atomic mass is 16.5. The third-order valence-corrected chi connectivity index (χ3v) is 4.84. The molecular formula is C23H28N2O4. The van der Waals surface area contributed by atoms with E-state index < -0.39 is 0 Å². The lowest BCUT2D eigenvalue weighted by Crippen LogP contribution is -2.55. The lowest BCUT2D eigenvalue weighted by molar-refractivity contribution is -0.116. The molecule has 0 bridgehead atoms. The first-order valence-electron chi connectivity index (χ1n) is 9.93. The maximum Gasteiger partial charge on any atom is 0.254 e. The Kier molecular flexibility index (Phi) is 6.88. The number of nitrogens with zero attached hydrogens (tertiary/aromatic N) is 1. The molecule has 0 spiro atoms. The summed E-state index contributed by atoms with van der Waals surface area (Å²) in [4.78, 5) is 27.0. The molecule has 1 fully saturated rings. The van der Waals surface area contributed by atoms with Crippen LogP contribution in [0, 0.1) is 0 Å². The molecule has 0 atom stereocenters. The quantitative estimate of drug-likeness (QED) is 0.724. The van der Waals surface area contributed by atoms with E-state index in [2.05, 4.69) is 5.32 Å². The molecule has 1 heterocycles. The van der Waals surface area contributed by atoms with Crippen molar-refractivity contribution in [1.29, 1.82) is 0 Å². The van der Waals surface area contributed by atoms with Crippen LogP contribution in [-0.4, -0.2) is 48.6 Å². The Labute approximate surface area is 171 Å². The summed E-state index contributed by atoms with van der Waals surface area (Å²) in [6, 6.07) is 16.6. The number of para-hydroxylation sites is 1. The van der Waals surface area contributed by atoms with Crippen molar-refractivity contribution < 1.29 is 19.1 Å². The van der Waals surface area contributed by atoms with Crippen LogP contribution < -0.4 is 10.1 Å². The normalized spacial score (nSPS) is 15.6. The summed E-state index contributed by atoms with van der Waals surface area (Å²) in [5, 5.41) is 2.87. The zero-order valence-electron chi connectivity index (χ0n) is 17.0. The highest BCUT2D eigenvalue weighted by Crippen LogP contribution is 2.23. The summed E-state index contributed by atoms with van der Waals surface area (Å²) in [5.74, 6) is 0.647. The second kappa shape index (κ2) is 9.56. The summed E-state index contributed by atoms with van der Waals surface area (Å²) in [6.07, 6.45) is 0.961. The fraction of sp³-hybridized carbons (Fsp3) is 0.391. The number of rotatable bonds is 7. The number of benzene rings is 2. The second-order valence-electron chi connectivity index (χ2n) is 7.72. The average Bonchev–Trinajstić information content (AvgIpc) is 2.71. The minimum absolute atomic E-state index is 0.0503. The van der Waals surface area contributed by atoms with Gasteiger partial charge in [-0.3, -0.25) is 9.59 Å². The molecule has 29 heavy (non-hydrogen) atoms. The smallest absolute Gasteiger partial charge is 0.254 e. The van der Waals surface area contributed by atoms with Gasteiger partial charge < -0.3 is 19.7 Å². The Morgan fingerprint density at radius 1 is 1.14 bits per heavy atom. The van der Waals surface area contributed by atoms with Gasteiger partial charge in [-0.2, -0.15) is 0 Å². The second-order valence-corrected chi connectivity index (χ2v) is 7.72. The number of hydrogen-bond acceptors (Lipinski definition) is 4. The van der Waals surface area contributed by atoms with Crippen molar-refractivity contribution in [1.82, 2.24) is 4.90 Å². The third-order valence-electron chi connectivity index (χ3n) is 4.84. The van der Waals surface area contributed by atoms with Crippen LogP contribution >= 0.6 is 0 Å². The number of ether oxygens (including phenoxy) is 2. The Balaban J connectivity index is 1.51. The van der Waals surface area contributed by atoms with E-state index in [4.69, 9.17) is 9.47 Å². The van der Waals surface area contributed by atoms with E-state index >= 15 is 0 Å². The first kappa shape index (κ1) is 20.9. The summed E-state index contributed by atoms with van der Waals surface area (Å²) in [7, 11) is 0. The van der Waals surface area contributed by atoms with Crippen molar-refractivity contribution in [3.63, 3.8) is 0 Å². The molecule has 0 aromatic heterocycles. The summed E-state index contributed by atoms with van der Waals surface area (Å²) >= 11 is 0. The van der Waals surface area contributed by atoms with Crippen molar-refractivity contribution in [2.45, 2.75) is 32.2 Å². The number of carbonyl (C=O) groups excluding carboxylic acids is 2. The minimum Gasteiger partial charge on any atom is -0.494 e.